The molecule has 3 unspecified atom stereocenters. The van der Waals surface area contributed by atoms with Gasteiger partial charge in [-0.15, -0.1) is 0 Å². The van der Waals surface area contributed by atoms with Gasteiger partial charge in [0.25, 0.3) is 0 Å². The SMILES string of the molecule is N#CC1C(/N=C/C=C/c2ccccc2)NNC1c1ccccc1. The number of nitrogens with one attached hydrogen (secondary N) is 2. The lowest BCUT2D eigenvalue weighted by atomic mass is 9.94. The fraction of sp³-hybridized carbons (Fsp3) is 0.158. The first-order valence-electron chi connectivity index (χ1n) is 7.59. The molecular formula is C19H18N4. The van der Waals surface area contributed by atoms with Gasteiger partial charge in [-0.1, -0.05) is 66.7 Å². The highest BCUT2D eigenvalue weighted by Gasteiger charge is 2.36. The second-order valence-electron chi connectivity index (χ2n) is 5.34. The summed E-state index contributed by atoms with van der Waals surface area (Å²) < 4.78 is 0. The highest BCUT2D eigenvalue weighted by molar-refractivity contribution is 5.78. The third-order valence-corrected chi connectivity index (χ3v) is 3.81. The van der Waals surface area contributed by atoms with Crippen LogP contribution in [0.15, 0.2) is 71.7 Å². The fourth-order valence-corrected chi connectivity index (χ4v) is 2.62. The Balaban J connectivity index is 1.66. The Kier molecular flexibility index (Phi) is 4.95. The van der Waals surface area contributed by atoms with Gasteiger partial charge in [0.2, 0.25) is 0 Å². The van der Waals surface area contributed by atoms with E-state index in [2.05, 4.69) is 21.9 Å². The van der Waals surface area contributed by atoms with Gasteiger partial charge in [-0.2, -0.15) is 5.26 Å². The van der Waals surface area contributed by atoms with E-state index >= 15 is 0 Å². The Morgan fingerprint density at radius 3 is 2.35 bits per heavy atom. The molecule has 1 saturated heterocycles. The molecule has 1 heterocycles. The molecule has 23 heavy (non-hydrogen) atoms. The van der Waals surface area contributed by atoms with E-state index < -0.39 is 0 Å². The first kappa shape index (κ1) is 15.2. The van der Waals surface area contributed by atoms with Crippen molar-refractivity contribution in [3.05, 3.63) is 77.9 Å². The molecule has 0 radical (unpaired) electrons. The molecule has 1 fully saturated rings. The topological polar surface area (TPSA) is 60.2 Å². The molecule has 0 aliphatic carbocycles. The molecule has 4 nitrogen and oxygen atoms in total. The summed E-state index contributed by atoms with van der Waals surface area (Å²) in [5, 5.41) is 9.48. The van der Waals surface area contributed by atoms with E-state index in [9.17, 15) is 5.26 Å². The zero-order chi connectivity index (χ0) is 15.9. The van der Waals surface area contributed by atoms with Crippen LogP contribution in [-0.2, 0) is 0 Å². The summed E-state index contributed by atoms with van der Waals surface area (Å²) in [6.45, 7) is 0. The lowest BCUT2D eigenvalue weighted by molar-refractivity contribution is 0.529. The molecule has 1 aliphatic heterocycles. The summed E-state index contributed by atoms with van der Waals surface area (Å²) in [4.78, 5) is 4.46. The second-order valence-corrected chi connectivity index (χ2v) is 5.34. The molecule has 3 atom stereocenters. The minimum atomic E-state index is -0.259. The van der Waals surface area contributed by atoms with Gasteiger partial charge in [0.05, 0.1) is 12.1 Å². The predicted octanol–water partition coefficient (Wildman–Crippen LogP) is 3.09. The maximum atomic E-state index is 9.48. The lowest BCUT2D eigenvalue weighted by Crippen LogP contribution is -2.30. The van der Waals surface area contributed by atoms with Crippen LogP contribution in [0.4, 0.5) is 0 Å². The van der Waals surface area contributed by atoms with Gasteiger partial charge < -0.3 is 0 Å². The molecular weight excluding hydrogens is 284 g/mol. The minimum absolute atomic E-state index is 0.0542. The van der Waals surface area contributed by atoms with Gasteiger partial charge in [0.15, 0.2) is 0 Å². The van der Waals surface area contributed by atoms with E-state index in [1.807, 2.05) is 72.8 Å². The number of hydrogen-bond donors (Lipinski definition) is 2. The van der Waals surface area contributed by atoms with Crippen molar-refractivity contribution in [2.75, 3.05) is 0 Å². The maximum absolute atomic E-state index is 9.48. The predicted molar refractivity (Wildman–Crippen MR) is 92.3 cm³/mol. The van der Waals surface area contributed by atoms with E-state index in [1.54, 1.807) is 6.21 Å². The lowest BCUT2D eigenvalue weighted by Gasteiger charge is -2.13. The first-order chi connectivity index (χ1) is 11.4. The van der Waals surface area contributed by atoms with Gasteiger partial charge in [0.1, 0.15) is 12.1 Å². The number of hydrazine groups is 1. The Hall–Kier alpha value is -2.74. The Morgan fingerprint density at radius 1 is 0.957 bits per heavy atom. The molecule has 114 valence electrons. The average Bonchev–Trinajstić information content (AvgIpc) is 3.03. The van der Waals surface area contributed by atoms with Crippen molar-refractivity contribution < 1.29 is 0 Å². The Labute approximate surface area is 136 Å². The summed E-state index contributed by atoms with van der Waals surface area (Å²) in [6.07, 6.45) is 5.36. The zero-order valence-corrected chi connectivity index (χ0v) is 12.6. The third kappa shape index (κ3) is 3.72. The molecule has 4 heteroatoms. The van der Waals surface area contributed by atoms with Crippen LogP contribution in [0, 0.1) is 17.2 Å². The summed E-state index contributed by atoms with van der Waals surface area (Å²) in [7, 11) is 0. The van der Waals surface area contributed by atoms with Gasteiger partial charge in [0, 0.05) is 6.21 Å². The largest absolute Gasteiger partial charge is 0.272 e. The smallest absolute Gasteiger partial charge is 0.130 e. The number of rotatable bonds is 4. The van der Waals surface area contributed by atoms with Crippen LogP contribution in [-0.4, -0.2) is 12.4 Å². The van der Waals surface area contributed by atoms with Crippen LogP contribution in [0.2, 0.25) is 0 Å². The number of aliphatic imine (C=N–C) groups is 1. The van der Waals surface area contributed by atoms with E-state index in [4.69, 9.17) is 0 Å². The minimum Gasteiger partial charge on any atom is -0.272 e. The van der Waals surface area contributed by atoms with E-state index in [-0.39, 0.29) is 18.1 Å². The van der Waals surface area contributed by atoms with Crippen molar-refractivity contribution in [1.29, 1.82) is 5.26 Å². The summed E-state index contributed by atoms with van der Waals surface area (Å²) in [5.74, 6) is -0.251. The number of nitriles is 1. The maximum Gasteiger partial charge on any atom is 0.130 e. The third-order valence-electron chi connectivity index (χ3n) is 3.81. The van der Waals surface area contributed by atoms with Gasteiger partial charge in [-0.3, -0.25) is 4.99 Å². The van der Waals surface area contributed by atoms with Gasteiger partial charge >= 0.3 is 0 Å². The molecule has 2 aromatic carbocycles. The van der Waals surface area contributed by atoms with Crippen LogP contribution in [0.5, 0.6) is 0 Å². The van der Waals surface area contributed by atoms with Crippen molar-refractivity contribution in [2.45, 2.75) is 12.2 Å². The molecule has 0 spiro atoms. The van der Waals surface area contributed by atoms with Crippen LogP contribution in [0.3, 0.4) is 0 Å². The molecule has 3 rings (SSSR count). The van der Waals surface area contributed by atoms with Gasteiger partial charge in [-0.25, -0.2) is 10.9 Å². The van der Waals surface area contributed by atoms with Crippen molar-refractivity contribution in [3.63, 3.8) is 0 Å². The van der Waals surface area contributed by atoms with Crippen molar-refractivity contribution in [2.24, 2.45) is 10.9 Å². The van der Waals surface area contributed by atoms with Crippen molar-refractivity contribution >= 4 is 12.3 Å². The van der Waals surface area contributed by atoms with Crippen LogP contribution >= 0.6 is 0 Å². The molecule has 1 aliphatic rings. The van der Waals surface area contributed by atoms with E-state index in [0.29, 0.717) is 0 Å². The number of allylic oxidation sites excluding steroid dienone is 1. The second kappa shape index (κ2) is 7.50. The highest BCUT2D eigenvalue weighted by atomic mass is 15.5. The molecule has 0 bridgehead atoms. The van der Waals surface area contributed by atoms with E-state index in [1.165, 1.54) is 0 Å². The summed E-state index contributed by atoms with van der Waals surface area (Å²) in [5.41, 5.74) is 8.48. The monoisotopic (exact) mass is 302 g/mol. The van der Waals surface area contributed by atoms with Crippen LogP contribution < -0.4 is 10.9 Å². The highest BCUT2D eigenvalue weighted by Crippen LogP contribution is 2.28. The number of nitrogens with zero attached hydrogens (tertiary/aromatic N) is 2. The van der Waals surface area contributed by atoms with E-state index in [0.717, 1.165) is 11.1 Å². The van der Waals surface area contributed by atoms with Crippen LogP contribution in [0.25, 0.3) is 6.08 Å². The summed E-state index contributed by atoms with van der Waals surface area (Å²) in [6, 6.07) is 22.3. The van der Waals surface area contributed by atoms with Crippen molar-refractivity contribution in [1.82, 2.24) is 10.9 Å². The number of hydrogen-bond acceptors (Lipinski definition) is 4. The number of benzene rings is 2. The van der Waals surface area contributed by atoms with Gasteiger partial charge in [-0.05, 0) is 17.2 Å². The fourth-order valence-electron chi connectivity index (χ4n) is 2.62. The average molecular weight is 302 g/mol. The first-order valence-corrected chi connectivity index (χ1v) is 7.59. The molecule has 2 N–H and O–H groups in total. The molecule has 0 amide bonds. The van der Waals surface area contributed by atoms with Crippen LogP contribution in [0.1, 0.15) is 17.2 Å². The summed E-state index contributed by atoms with van der Waals surface area (Å²) >= 11 is 0. The quantitative estimate of drug-likeness (QED) is 0.853. The molecule has 0 saturated carbocycles. The molecule has 0 aromatic heterocycles. The zero-order valence-electron chi connectivity index (χ0n) is 12.6. The van der Waals surface area contributed by atoms with Crippen molar-refractivity contribution in [3.8, 4) is 6.07 Å². The molecule has 2 aromatic rings. The standard InChI is InChI=1S/C19H18N4/c20-14-17-18(16-11-5-2-6-12-16)22-23-19(17)21-13-7-10-15-8-3-1-4-9-15/h1-13,17-19,22-23H/b10-7+,21-13+. The Morgan fingerprint density at radius 2 is 1.65 bits per heavy atom. The normalized spacial score (nSPS) is 24.2. The Bertz CT molecular complexity index is 716.